The fourth-order valence-electron chi connectivity index (χ4n) is 3.14. The first-order valence-corrected chi connectivity index (χ1v) is 6.53. The van der Waals surface area contributed by atoms with Gasteiger partial charge in [-0.2, -0.15) is 0 Å². The highest BCUT2D eigenvalue weighted by atomic mass is 16.1. The third-order valence-electron chi connectivity index (χ3n) is 3.99. The zero-order chi connectivity index (χ0) is 12.5. The van der Waals surface area contributed by atoms with Gasteiger partial charge in [0.2, 0.25) is 0 Å². The van der Waals surface area contributed by atoms with Gasteiger partial charge in [0.1, 0.15) is 0 Å². The van der Waals surface area contributed by atoms with Gasteiger partial charge in [-0.15, -0.1) is 0 Å². The molecule has 3 unspecified atom stereocenters. The summed E-state index contributed by atoms with van der Waals surface area (Å²) in [7, 11) is 0. The topological polar surface area (TPSA) is 41.1 Å². The fraction of sp³-hybridized carbons (Fsp3) is 0.400. The van der Waals surface area contributed by atoms with Gasteiger partial charge in [0.05, 0.1) is 0 Å². The lowest BCUT2D eigenvalue weighted by Gasteiger charge is -2.13. The van der Waals surface area contributed by atoms with E-state index in [1.54, 1.807) is 0 Å². The zero-order valence-corrected chi connectivity index (χ0v) is 10.5. The first-order valence-electron chi connectivity index (χ1n) is 6.53. The first-order chi connectivity index (χ1) is 8.78. The van der Waals surface area contributed by atoms with E-state index in [-0.39, 0.29) is 6.17 Å². The molecule has 2 N–H and O–H groups in total. The highest BCUT2D eigenvalue weighted by Crippen LogP contribution is 2.43. The number of hydrogen-bond donors (Lipinski definition) is 2. The van der Waals surface area contributed by atoms with Gasteiger partial charge in [0.25, 0.3) is 0 Å². The number of carbonyl (C=O) groups excluding carboxylic acids is 1. The van der Waals surface area contributed by atoms with Gasteiger partial charge < -0.3 is 10.6 Å². The standard InChI is InChI=1S/C15H18N2O/c1-10-6-11(14-5-3-2-4-13(10)14)7-12-8-16-15(9-18)17-12/h2-5,8-11,15-17H,6-7H2,1H3. The van der Waals surface area contributed by atoms with Crippen LogP contribution in [0.25, 0.3) is 0 Å². The van der Waals surface area contributed by atoms with Crippen LogP contribution in [-0.2, 0) is 4.79 Å². The molecule has 94 valence electrons. The molecule has 0 bridgehead atoms. The normalized spacial score (nSPS) is 29.2. The highest BCUT2D eigenvalue weighted by molar-refractivity contribution is 5.58. The monoisotopic (exact) mass is 242 g/mol. The molecule has 0 fully saturated rings. The van der Waals surface area contributed by atoms with Gasteiger partial charge in [-0.1, -0.05) is 31.2 Å². The average molecular weight is 242 g/mol. The van der Waals surface area contributed by atoms with Crippen LogP contribution in [0, 0.1) is 0 Å². The predicted molar refractivity (Wildman–Crippen MR) is 71.0 cm³/mol. The van der Waals surface area contributed by atoms with Crippen molar-refractivity contribution in [3.8, 4) is 0 Å². The Morgan fingerprint density at radius 2 is 2.11 bits per heavy atom. The number of benzene rings is 1. The molecule has 2 aliphatic rings. The van der Waals surface area contributed by atoms with E-state index in [9.17, 15) is 4.79 Å². The lowest BCUT2D eigenvalue weighted by atomic mass is 9.96. The molecule has 0 amide bonds. The summed E-state index contributed by atoms with van der Waals surface area (Å²) < 4.78 is 0. The average Bonchev–Trinajstić information content (AvgIpc) is 2.97. The van der Waals surface area contributed by atoms with E-state index in [1.807, 2.05) is 6.20 Å². The quantitative estimate of drug-likeness (QED) is 0.799. The summed E-state index contributed by atoms with van der Waals surface area (Å²) in [6.07, 6.45) is 4.77. The largest absolute Gasteiger partial charge is 0.364 e. The van der Waals surface area contributed by atoms with Crippen molar-refractivity contribution in [2.75, 3.05) is 0 Å². The highest BCUT2D eigenvalue weighted by Gasteiger charge is 2.29. The SMILES string of the molecule is CC1CC(CC2=CNC(C=O)N2)c2ccccc21. The fourth-order valence-corrected chi connectivity index (χ4v) is 3.14. The number of fused-ring (bicyclic) bond motifs is 1. The van der Waals surface area contributed by atoms with Crippen molar-refractivity contribution in [3.05, 3.63) is 47.3 Å². The van der Waals surface area contributed by atoms with Gasteiger partial charge >= 0.3 is 0 Å². The Hall–Kier alpha value is -1.77. The van der Waals surface area contributed by atoms with Crippen LogP contribution in [0.2, 0.25) is 0 Å². The van der Waals surface area contributed by atoms with Crippen LogP contribution >= 0.6 is 0 Å². The molecule has 1 aromatic rings. The summed E-state index contributed by atoms with van der Waals surface area (Å²) in [4.78, 5) is 10.7. The van der Waals surface area contributed by atoms with Gasteiger partial charge in [-0.3, -0.25) is 4.79 Å². The number of hydrogen-bond acceptors (Lipinski definition) is 3. The van der Waals surface area contributed by atoms with Gasteiger partial charge in [0, 0.05) is 11.9 Å². The molecule has 1 aliphatic carbocycles. The molecule has 3 heteroatoms. The molecule has 0 spiro atoms. The summed E-state index contributed by atoms with van der Waals surface area (Å²) in [6.45, 7) is 2.29. The maximum absolute atomic E-state index is 10.7. The second kappa shape index (κ2) is 4.48. The molecule has 18 heavy (non-hydrogen) atoms. The Kier molecular flexibility index (Phi) is 2.82. The Bertz CT molecular complexity index is 495. The second-order valence-electron chi connectivity index (χ2n) is 5.26. The third-order valence-corrected chi connectivity index (χ3v) is 3.99. The van der Waals surface area contributed by atoms with E-state index in [0.29, 0.717) is 11.8 Å². The van der Waals surface area contributed by atoms with E-state index in [0.717, 1.165) is 18.4 Å². The molecule has 3 atom stereocenters. The third kappa shape index (κ3) is 1.90. The first kappa shape index (κ1) is 11.3. The molecule has 0 aromatic heterocycles. The van der Waals surface area contributed by atoms with Crippen molar-refractivity contribution >= 4 is 6.29 Å². The number of aldehydes is 1. The Balaban J connectivity index is 1.74. The summed E-state index contributed by atoms with van der Waals surface area (Å²) in [5.74, 6) is 1.21. The van der Waals surface area contributed by atoms with E-state index in [1.165, 1.54) is 17.5 Å². The van der Waals surface area contributed by atoms with Crippen LogP contribution in [0.3, 0.4) is 0 Å². The molecular formula is C15H18N2O. The molecule has 1 heterocycles. The Morgan fingerprint density at radius 3 is 2.83 bits per heavy atom. The van der Waals surface area contributed by atoms with Crippen LogP contribution in [0.5, 0.6) is 0 Å². The van der Waals surface area contributed by atoms with Crippen molar-refractivity contribution in [1.82, 2.24) is 10.6 Å². The summed E-state index contributed by atoms with van der Waals surface area (Å²) in [5.41, 5.74) is 4.10. The van der Waals surface area contributed by atoms with Crippen molar-refractivity contribution in [2.24, 2.45) is 0 Å². The maximum atomic E-state index is 10.7. The van der Waals surface area contributed by atoms with Crippen molar-refractivity contribution in [3.63, 3.8) is 0 Å². The smallest absolute Gasteiger partial charge is 0.162 e. The van der Waals surface area contributed by atoms with Crippen molar-refractivity contribution in [2.45, 2.75) is 37.8 Å². The van der Waals surface area contributed by atoms with Crippen molar-refractivity contribution in [1.29, 1.82) is 0 Å². The molecular weight excluding hydrogens is 224 g/mol. The van der Waals surface area contributed by atoms with E-state index >= 15 is 0 Å². The molecule has 0 saturated heterocycles. The lowest BCUT2D eigenvalue weighted by Crippen LogP contribution is -2.33. The van der Waals surface area contributed by atoms with Crippen LogP contribution in [0.15, 0.2) is 36.2 Å². The summed E-state index contributed by atoms with van der Waals surface area (Å²) >= 11 is 0. The second-order valence-corrected chi connectivity index (χ2v) is 5.26. The van der Waals surface area contributed by atoms with Gasteiger partial charge in [-0.05, 0) is 35.8 Å². The molecule has 0 radical (unpaired) electrons. The predicted octanol–water partition coefficient (Wildman–Crippen LogP) is 2.23. The number of nitrogens with one attached hydrogen (secondary N) is 2. The van der Waals surface area contributed by atoms with Crippen LogP contribution in [0.4, 0.5) is 0 Å². The Labute approximate surface area is 107 Å². The summed E-state index contributed by atoms with van der Waals surface area (Å²) in [5, 5.41) is 6.22. The van der Waals surface area contributed by atoms with Gasteiger partial charge in [-0.25, -0.2) is 0 Å². The van der Waals surface area contributed by atoms with Crippen LogP contribution in [-0.4, -0.2) is 12.5 Å². The minimum atomic E-state index is -0.242. The molecule has 3 rings (SSSR count). The van der Waals surface area contributed by atoms with Gasteiger partial charge in [0.15, 0.2) is 12.5 Å². The lowest BCUT2D eigenvalue weighted by molar-refractivity contribution is -0.109. The number of rotatable bonds is 3. The van der Waals surface area contributed by atoms with E-state index in [2.05, 4.69) is 41.8 Å². The molecule has 1 aromatic carbocycles. The molecule has 3 nitrogen and oxygen atoms in total. The number of allylic oxidation sites excluding steroid dienone is 1. The zero-order valence-electron chi connectivity index (χ0n) is 10.5. The van der Waals surface area contributed by atoms with E-state index < -0.39 is 0 Å². The minimum absolute atomic E-state index is 0.242. The van der Waals surface area contributed by atoms with Crippen molar-refractivity contribution < 1.29 is 4.79 Å². The number of carbonyl (C=O) groups is 1. The summed E-state index contributed by atoms with van der Waals surface area (Å²) in [6, 6.07) is 8.72. The van der Waals surface area contributed by atoms with E-state index in [4.69, 9.17) is 0 Å². The molecule has 1 aliphatic heterocycles. The Morgan fingerprint density at radius 1 is 1.33 bits per heavy atom. The minimum Gasteiger partial charge on any atom is -0.364 e. The van der Waals surface area contributed by atoms with Crippen LogP contribution in [0.1, 0.15) is 42.7 Å². The van der Waals surface area contributed by atoms with Crippen LogP contribution < -0.4 is 10.6 Å². The molecule has 0 saturated carbocycles. The maximum Gasteiger partial charge on any atom is 0.162 e.